The molecule has 0 saturated heterocycles. The summed E-state index contributed by atoms with van der Waals surface area (Å²) in [7, 11) is 0. The highest BCUT2D eigenvalue weighted by Gasteiger charge is 2.03. The van der Waals surface area contributed by atoms with Crippen LogP contribution in [0, 0.1) is 0 Å². The minimum Gasteiger partial charge on any atom is -0.454 e. The molecule has 0 aliphatic rings. The van der Waals surface area contributed by atoms with E-state index >= 15 is 0 Å². The van der Waals surface area contributed by atoms with Crippen molar-refractivity contribution in [3.63, 3.8) is 0 Å². The molecule has 0 unspecified atom stereocenters. The minimum atomic E-state index is -0.518. The van der Waals surface area contributed by atoms with Gasteiger partial charge in [0.1, 0.15) is 6.61 Å². The number of rotatable bonds is 3. The van der Waals surface area contributed by atoms with Crippen LogP contribution in [-0.2, 0) is 14.3 Å². The maximum atomic E-state index is 10.6. The van der Waals surface area contributed by atoms with Crippen LogP contribution in [0.2, 0.25) is 0 Å². The molecule has 0 radical (unpaired) electrons. The van der Waals surface area contributed by atoms with Crippen molar-refractivity contribution in [2.45, 2.75) is 13.8 Å². The Labute approximate surface area is 61.2 Å². The van der Waals surface area contributed by atoms with Gasteiger partial charge in [0.05, 0.1) is 0 Å². The van der Waals surface area contributed by atoms with Crippen LogP contribution >= 0.6 is 0 Å². The fraction of sp³-hybridized carbons (Fsp3) is 0.429. The molecule has 0 bridgehead atoms. The summed E-state index contributed by atoms with van der Waals surface area (Å²) in [6, 6.07) is 0. The predicted octanol–water partition coefficient (Wildman–Crippen LogP) is 0.941. The van der Waals surface area contributed by atoms with Gasteiger partial charge in [0.25, 0.3) is 0 Å². The van der Waals surface area contributed by atoms with Gasteiger partial charge in [-0.25, -0.2) is 4.79 Å². The second-order valence-corrected chi connectivity index (χ2v) is 2.06. The molecule has 0 aromatic carbocycles. The van der Waals surface area contributed by atoms with Crippen molar-refractivity contribution in [1.82, 2.24) is 0 Å². The fourth-order valence-corrected chi connectivity index (χ4v) is 0.290. The van der Waals surface area contributed by atoms with E-state index < -0.39 is 5.97 Å². The molecule has 10 heavy (non-hydrogen) atoms. The number of Topliss-reactive ketones (excluding diaryl/α,β-unsaturated/α-hetero) is 1. The van der Waals surface area contributed by atoms with Gasteiger partial charge >= 0.3 is 5.97 Å². The van der Waals surface area contributed by atoms with Crippen molar-refractivity contribution < 1.29 is 15.8 Å². The lowest BCUT2D eigenvalue weighted by molar-refractivity contribution is -0.143. The molecule has 0 saturated carbocycles. The smallest absolute Gasteiger partial charge is 0.333 e. The summed E-state index contributed by atoms with van der Waals surface area (Å²) >= 11 is 0. The van der Waals surface area contributed by atoms with Crippen molar-refractivity contribution in [3.05, 3.63) is 12.2 Å². The van der Waals surface area contributed by atoms with Crippen LogP contribution in [0.25, 0.3) is 0 Å². The second-order valence-electron chi connectivity index (χ2n) is 2.06. The predicted molar refractivity (Wildman–Crippen MR) is 38.6 cm³/mol. The normalized spacial score (nSPS) is 8.60. The fourth-order valence-electron chi connectivity index (χ4n) is 0.290. The van der Waals surface area contributed by atoms with Crippen LogP contribution in [0.4, 0.5) is 0 Å². The maximum Gasteiger partial charge on any atom is 0.333 e. The zero-order valence-electron chi connectivity index (χ0n) is 6.14. The first-order valence-corrected chi connectivity index (χ1v) is 2.86. The molecule has 0 aliphatic heterocycles. The Balaban J connectivity index is 0. The molecule has 3 heteroatoms. The van der Waals surface area contributed by atoms with Crippen molar-refractivity contribution in [2.24, 2.45) is 0 Å². The molecule has 0 spiro atoms. The first kappa shape index (κ1) is 8.88. The van der Waals surface area contributed by atoms with E-state index in [9.17, 15) is 9.59 Å². The molecule has 0 aliphatic carbocycles. The van der Waals surface area contributed by atoms with Gasteiger partial charge in [-0.15, -0.1) is 0 Å². The summed E-state index contributed by atoms with van der Waals surface area (Å²) in [6.45, 7) is 6.07. The minimum absolute atomic E-state index is 0. The second kappa shape index (κ2) is 3.82. The van der Waals surface area contributed by atoms with Gasteiger partial charge in [-0.2, -0.15) is 0 Å². The standard InChI is InChI=1S/C7H10O3.H2/c1-5(2)7(9)10-4-6(3)8;/h1,4H2,2-3H3;1H. The third kappa shape index (κ3) is 3.83. The van der Waals surface area contributed by atoms with E-state index in [0.717, 1.165) is 0 Å². The van der Waals surface area contributed by atoms with Gasteiger partial charge in [-0.05, 0) is 13.8 Å². The van der Waals surface area contributed by atoms with E-state index in [2.05, 4.69) is 11.3 Å². The highest BCUT2D eigenvalue weighted by atomic mass is 16.5. The van der Waals surface area contributed by atoms with E-state index in [0.29, 0.717) is 5.57 Å². The van der Waals surface area contributed by atoms with E-state index in [-0.39, 0.29) is 13.8 Å². The molecule has 58 valence electrons. The molecule has 0 aromatic rings. The molecule has 0 aromatic heterocycles. The number of ketones is 1. The summed E-state index contributed by atoms with van der Waals surface area (Å²) in [4.78, 5) is 20.8. The Bertz CT molecular complexity index is 175. The van der Waals surface area contributed by atoms with Gasteiger partial charge in [0, 0.05) is 7.00 Å². The number of carbonyl (C=O) groups excluding carboxylic acids is 2. The van der Waals surface area contributed by atoms with Crippen LogP contribution < -0.4 is 0 Å². The Morgan fingerprint density at radius 3 is 2.30 bits per heavy atom. The Morgan fingerprint density at radius 1 is 1.50 bits per heavy atom. The first-order valence-electron chi connectivity index (χ1n) is 2.86. The summed E-state index contributed by atoms with van der Waals surface area (Å²) in [6.07, 6.45) is 0. The molecular weight excluding hydrogens is 132 g/mol. The van der Waals surface area contributed by atoms with E-state index in [1.807, 2.05) is 0 Å². The summed E-state index contributed by atoms with van der Waals surface area (Å²) in [5, 5.41) is 0. The average Bonchev–Trinajstić information content (AvgIpc) is 1.82. The van der Waals surface area contributed by atoms with Crippen LogP contribution in [0.5, 0.6) is 0 Å². The zero-order valence-corrected chi connectivity index (χ0v) is 6.14. The largest absolute Gasteiger partial charge is 0.454 e. The SMILES string of the molecule is C=C(C)C(=O)OCC(C)=O.[HH]. The monoisotopic (exact) mass is 144 g/mol. The van der Waals surface area contributed by atoms with Crippen molar-refractivity contribution in [3.8, 4) is 0 Å². The lowest BCUT2D eigenvalue weighted by atomic mass is 10.4. The molecule has 3 nitrogen and oxygen atoms in total. The van der Waals surface area contributed by atoms with Gasteiger partial charge in [0.15, 0.2) is 5.78 Å². The summed E-state index contributed by atoms with van der Waals surface area (Å²) in [5.41, 5.74) is 0.307. The van der Waals surface area contributed by atoms with E-state index in [1.54, 1.807) is 0 Å². The van der Waals surface area contributed by atoms with Crippen LogP contribution in [0.15, 0.2) is 12.2 Å². The van der Waals surface area contributed by atoms with Crippen molar-refractivity contribution in [1.29, 1.82) is 0 Å². The molecule has 0 amide bonds. The van der Waals surface area contributed by atoms with Gasteiger partial charge in [-0.3, -0.25) is 4.79 Å². The Hall–Kier alpha value is -1.12. The van der Waals surface area contributed by atoms with Crippen LogP contribution in [-0.4, -0.2) is 18.4 Å². The highest BCUT2D eigenvalue weighted by Crippen LogP contribution is 1.90. The van der Waals surface area contributed by atoms with Crippen LogP contribution in [0.1, 0.15) is 15.3 Å². The number of hydrogen-bond acceptors (Lipinski definition) is 3. The Morgan fingerprint density at radius 2 is 2.00 bits per heavy atom. The quantitative estimate of drug-likeness (QED) is 0.437. The number of esters is 1. The van der Waals surface area contributed by atoms with Gasteiger partial charge in [0.2, 0.25) is 0 Å². The highest BCUT2D eigenvalue weighted by molar-refractivity contribution is 5.89. The first-order chi connectivity index (χ1) is 4.54. The number of hydrogen-bond donors (Lipinski definition) is 0. The van der Waals surface area contributed by atoms with Crippen LogP contribution in [0.3, 0.4) is 0 Å². The average molecular weight is 144 g/mol. The zero-order chi connectivity index (χ0) is 8.15. The molecule has 0 N–H and O–H groups in total. The van der Waals surface area contributed by atoms with E-state index in [1.165, 1.54) is 13.8 Å². The lowest BCUT2D eigenvalue weighted by Gasteiger charge is -1.99. The maximum absolute atomic E-state index is 10.6. The van der Waals surface area contributed by atoms with E-state index in [4.69, 9.17) is 0 Å². The van der Waals surface area contributed by atoms with Gasteiger partial charge < -0.3 is 4.74 Å². The molecule has 0 atom stereocenters. The van der Waals surface area contributed by atoms with Crippen molar-refractivity contribution >= 4 is 11.8 Å². The lowest BCUT2D eigenvalue weighted by Crippen LogP contribution is -2.11. The molecule has 0 fully saturated rings. The third-order valence-corrected chi connectivity index (χ3v) is 0.755. The third-order valence-electron chi connectivity index (χ3n) is 0.755. The number of ether oxygens (including phenoxy) is 1. The Kier molecular flexibility index (Phi) is 3.39. The van der Waals surface area contributed by atoms with Crippen molar-refractivity contribution in [2.75, 3.05) is 6.61 Å². The molecular formula is C7H12O3. The summed E-state index contributed by atoms with van der Waals surface area (Å²) in [5.74, 6) is -0.690. The van der Waals surface area contributed by atoms with Gasteiger partial charge in [-0.1, -0.05) is 6.58 Å². The summed E-state index contributed by atoms with van der Waals surface area (Å²) < 4.78 is 4.48. The molecule has 0 rings (SSSR count). The molecule has 0 heterocycles. The number of carbonyl (C=O) groups is 2. The topological polar surface area (TPSA) is 43.4 Å².